The van der Waals surface area contributed by atoms with Gasteiger partial charge in [0.05, 0.1) is 12.7 Å². The van der Waals surface area contributed by atoms with Gasteiger partial charge in [0, 0.05) is 25.5 Å². The lowest BCUT2D eigenvalue weighted by Crippen LogP contribution is -2.45. The molecule has 1 saturated carbocycles. The van der Waals surface area contributed by atoms with Gasteiger partial charge >= 0.3 is 0 Å². The van der Waals surface area contributed by atoms with Gasteiger partial charge < -0.3 is 9.64 Å². The number of fused-ring (bicyclic) bond motifs is 2. The minimum atomic E-state index is 0.480. The Labute approximate surface area is 109 Å². The lowest BCUT2D eigenvalue weighted by Gasteiger charge is -2.37. The van der Waals surface area contributed by atoms with E-state index in [1.54, 1.807) is 0 Å². The van der Waals surface area contributed by atoms with Crippen LogP contribution in [0, 0.1) is 11.8 Å². The Kier molecular flexibility index (Phi) is 3.62. The van der Waals surface area contributed by atoms with E-state index in [1.165, 1.54) is 38.0 Å². The average Bonchev–Trinajstić information content (AvgIpc) is 2.66. The van der Waals surface area contributed by atoms with Crippen molar-refractivity contribution in [3.63, 3.8) is 0 Å². The van der Waals surface area contributed by atoms with Gasteiger partial charge in [-0.1, -0.05) is 13.0 Å². The van der Waals surface area contributed by atoms with Crippen LogP contribution in [0.1, 0.15) is 25.3 Å². The van der Waals surface area contributed by atoms with Gasteiger partial charge in [-0.2, -0.15) is 0 Å². The third-order valence-electron chi connectivity index (χ3n) is 4.44. The quantitative estimate of drug-likeness (QED) is 0.815. The van der Waals surface area contributed by atoms with Gasteiger partial charge in [-0.05, 0) is 42.9 Å². The third kappa shape index (κ3) is 2.43. The van der Waals surface area contributed by atoms with Crippen LogP contribution in [0.5, 0.6) is 0 Å². The number of nitrogens with zero attached hydrogens (tertiary/aromatic N) is 2. The van der Waals surface area contributed by atoms with Crippen molar-refractivity contribution in [1.29, 1.82) is 0 Å². The molecule has 18 heavy (non-hydrogen) atoms. The second-order valence-corrected chi connectivity index (χ2v) is 5.59. The van der Waals surface area contributed by atoms with Crippen LogP contribution >= 0.6 is 0 Å². The fourth-order valence-electron chi connectivity index (χ4n) is 3.48. The number of hydrogen-bond donors (Lipinski definition) is 0. The summed E-state index contributed by atoms with van der Waals surface area (Å²) in [6.07, 6.45) is 6.89. The summed E-state index contributed by atoms with van der Waals surface area (Å²) in [6, 6.07) is 4.07. The number of likely N-dealkylation sites (tertiary alicyclic amines) is 1. The number of piperidine rings is 1. The van der Waals surface area contributed by atoms with E-state index < -0.39 is 0 Å². The van der Waals surface area contributed by atoms with Gasteiger partial charge in [0.2, 0.25) is 0 Å². The topological polar surface area (TPSA) is 25.4 Å². The Morgan fingerprint density at radius 2 is 2.11 bits per heavy atom. The van der Waals surface area contributed by atoms with Gasteiger partial charge in [0.1, 0.15) is 0 Å². The Hall–Kier alpha value is -0.930. The van der Waals surface area contributed by atoms with Crippen molar-refractivity contribution in [2.75, 3.05) is 19.6 Å². The van der Waals surface area contributed by atoms with Crippen molar-refractivity contribution in [2.24, 2.45) is 11.8 Å². The molecule has 98 valence electrons. The molecule has 0 unspecified atom stereocenters. The first-order valence-corrected chi connectivity index (χ1v) is 7.09. The molecule has 2 heterocycles. The van der Waals surface area contributed by atoms with Crippen molar-refractivity contribution in [1.82, 2.24) is 9.88 Å². The molecule has 0 amide bonds. The van der Waals surface area contributed by atoms with E-state index >= 15 is 0 Å². The standard InChI is InChI=1S/C15H22N2O/c1-2-17-9-13-5-6-14(10-17)15(13)18-11-12-4-3-7-16-8-12/h3-4,7-8,13-15H,2,5-6,9-11H2,1H3/t13-,14+,15+. The molecule has 3 heteroatoms. The lowest BCUT2D eigenvalue weighted by atomic mass is 9.95. The van der Waals surface area contributed by atoms with Crippen LogP contribution in [0.3, 0.4) is 0 Å². The Bertz CT molecular complexity index is 367. The first-order chi connectivity index (χ1) is 8.86. The summed E-state index contributed by atoms with van der Waals surface area (Å²) in [5.41, 5.74) is 1.19. The van der Waals surface area contributed by atoms with Gasteiger partial charge in [0.25, 0.3) is 0 Å². The van der Waals surface area contributed by atoms with E-state index in [2.05, 4.69) is 22.9 Å². The second-order valence-electron chi connectivity index (χ2n) is 5.59. The maximum absolute atomic E-state index is 6.18. The molecule has 1 saturated heterocycles. The lowest BCUT2D eigenvalue weighted by molar-refractivity contribution is -0.0498. The summed E-state index contributed by atoms with van der Waals surface area (Å²) in [4.78, 5) is 6.71. The van der Waals surface area contributed by atoms with Gasteiger partial charge in [-0.15, -0.1) is 0 Å². The van der Waals surface area contributed by atoms with E-state index in [-0.39, 0.29) is 0 Å². The molecule has 0 radical (unpaired) electrons. The third-order valence-corrected chi connectivity index (χ3v) is 4.44. The zero-order valence-corrected chi connectivity index (χ0v) is 11.1. The molecule has 2 bridgehead atoms. The van der Waals surface area contributed by atoms with Crippen LogP contribution in [-0.4, -0.2) is 35.6 Å². The van der Waals surface area contributed by atoms with Crippen LogP contribution in [0.2, 0.25) is 0 Å². The summed E-state index contributed by atoms with van der Waals surface area (Å²) in [6.45, 7) is 6.62. The normalized spacial score (nSPS) is 31.7. The van der Waals surface area contributed by atoms with Crippen molar-refractivity contribution in [3.05, 3.63) is 30.1 Å². The van der Waals surface area contributed by atoms with Gasteiger partial charge in [-0.25, -0.2) is 0 Å². The fraction of sp³-hybridized carbons (Fsp3) is 0.667. The largest absolute Gasteiger partial charge is 0.373 e. The van der Waals surface area contributed by atoms with E-state index in [0.717, 1.165) is 18.4 Å². The zero-order valence-electron chi connectivity index (χ0n) is 11.1. The Morgan fingerprint density at radius 3 is 2.72 bits per heavy atom. The molecule has 1 aliphatic carbocycles. The highest BCUT2D eigenvalue weighted by atomic mass is 16.5. The maximum atomic E-state index is 6.18. The molecule has 1 aliphatic heterocycles. The molecule has 2 aliphatic rings. The van der Waals surface area contributed by atoms with Crippen molar-refractivity contribution in [3.8, 4) is 0 Å². The molecule has 1 aromatic rings. The Morgan fingerprint density at radius 1 is 1.33 bits per heavy atom. The molecule has 0 spiro atoms. The number of aromatic nitrogens is 1. The van der Waals surface area contributed by atoms with Crippen LogP contribution in [0.15, 0.2) is 24.5 Å². The van der Waals surface area contributed by atoms with Gasteiger partial charge in [-0.3, -0.25) is 4.98 Å². The molecule has 1 aromatic heterocycles. The van der Waals surface area contributed by atoms with E-state index in [0.29, 0.717) is 6.10 Å². The molecular weight excluding hydrogens is 224 g/mol. The predicted molar refractivity (Wildman–Crippen MR) is 71.1 cm³/mol. The number of rotatable bonds is 4. The van der Waals surface area contributed by atoms with Crippen molar-refractivity contribution < 1.29 is 4.74 Å². The smallest absolute Gasteiger partial charge is 0.0735 e. The summed E-state index contributed by atoms with van der Waals surface area (Å²) in [5, 5.41) is 0. The highest BCUT2D eigenvalue weighted by Crippen LogP contribution is 2.39. The fourth-order valence-corrected chi connectivity index (χ4v) is 3.48. The minimum Gasteiger partial charge on any atom is -0.373 e. The van der Waals surface area contributed by atoms with Crippen LogP contribution in [-0.2, 0) is 11.3 Å². The molecule has 2 fully saturated rings. The molecule has 3 rings (SSSR count). The number of hydrogen-bond acceptors (Lipinski definition) is 3. The molecular formula is C15H22N2O. The Balaban J connectivity index is 1.58. The van der Waals surface area contributed by atoms with Crippen LogP contribution in [0.25, 0.3) is 0 Å². The second kappa shape index (κ2) is 5.37. The van der Waals surface area contributed by atoms with Gasteiger partial charge in [0.15, 0.2) is 0 Å². The molecule has 3 atom stereocenters. The predicted octanol–water partition coefficient (Wildman–Crippen LogP) is 2.33. The van der Waals surface area contributed by atoms with Crippen molar-refractivity contribution in [2.45, 2.75) is 32.5 Å². The molecule has 3 nitrogen and oxygen atoms in total. The van der Waals surface area contributed by atoms with E-state index in [1.807, 2.05) is 18.5 Å². The SMILES string of the molecule is CCN1C[C@H]2CC[C@@H](C1)[C@H]2OCc1cccnc1. The van der Waals surface area contributed by atoms with E-state index in [9.17, 15) is 0 Å². The number of pyridine rings is 1. The monoisotopic (exact) mass is 246 g/mol. The highest BCUT2D eigenvalue weighted by molar-refractivity contribution is 5.07. The summed E-state index contributed by atoms with van der Waals surface area (Å²) < 4.78 is 6.18. The first kappa shape index (κ1) is 12.1. The zero-order chi connectivity index (χ0) is 12.4. The highest BCUT2D eigenvalue weighted by Gasteiger charge is 2.42. The minimum absolute atomic E-state index is 0.480. The summed E-state index contributed by atoms with van der Waals surface area (Å²) >= 11 is 0. The van der Waals surface area contributed by atoms with Crippen LogP contribution < -0.4 is 0 Å². The summed E-state index contributed by atoms with van der Waals surface area (Å²) in [7, 11) is 0. The average molecular weight is 246 g/mol. The molecule has 0 N–H and O–H groups in total. The number of ether oxygens (including phenoxy) is 1. The molecule has 0 aromatic carbocycles. The first-order valence-electron chi connectivity index (χ1n) is 7.09. The maximum Gasteiger partial charge on any atom is 0.0735 e. The van der Waals surface area contributed by atoms with Crippen LogP contribution in [0.4, 0.5) is 0 Å². The van der Waals surface area contributed by atoms with E-state index in [4.69, 9.17) is 4.74 Å². The summed E-state index contributed by atoms with van der Waals surface area (Å²) in [5.74, 6) is 1.50. The van der Waals surface area contributed by atoms with Crippen molar-refractivity contribution >= 4 is 0 Å².